The van der Waals surface area contributed by atoms with Crippen LogP contribution in [0.25, 0.3) is 0 Å². The minimum atomic E-state index is -0.123. The molecule has 22 heavy (non-hydrogen) atoms. The summed E-state index contributed by atoms with van der Waals surface area (Å²) in [6, 6.07) is 8.93. The van der Waals surface area contributed by atoms with Crippen LogP contribution in [0.2, 0.25) is 0 Å². The van der Waals surface area contributed by atoms with Gasteiger partial charge in [0.15, 0.2) is 0 Å². The first-order chi connectivity index (χ1) is 10.6. The Morgan fingerprint density at radius 3 is 2.68 bits per heavy atom. The van der Waals surface area contributed by atoms with Crippen molar-refractivity contribution in [2.75, 3.05) is 0 Å². The van der Waals surface area contributed by atoms with Crippen LogP contribution in [0.5, 0.6) is 0 Å². The zero-order valence-corrected chi connectivity index (χ0v) is 14.0. The third-order valence-corrected chi connectivity index (χ3v) is 5.76. The number of fused-ring (bicyclic) bond motifs is 1. The van der Waals surface area contributed by atoms with Gasteiger partial charge >= 0.3 is 5.97 Å². The molecule has 0 aromatic heterocycles. The fourth-order valence-electron chi connectivity index (χ4n) is 4.84. The minimum absolute atomic E-state index is 0.120. The van der Waals surface area contributed by atoms with E-state index < -0.39 is 0 Å². The van der Waals surface area contributed by atoms with E-state index in [-0.39, 0.29) is 12.1 Å². The number of esters is 1. The number of hydrogen-bond donors (Lipinski definition) is 0. The number of ether oxygens (including phenoxy) is 1. The molecule has 0 bridgehead atoms. The molecule has 0 N–H and O–H groups in total. The molecule has 2 nitrogen and oxygen atoms in total. The molecule has 1 aromatic carbocycles. The van der Waals surface area contributed by atoms with Crippen molar-refractivity contribution in [3.63, 3.8) is 0 Å². The molecule has 0 saturated heterocycles. The van der Waals surface area contributed by atoms with Gasteiger partial charge in [-0.3, -0.25) is 4.79 Å². The van der Waals surface area contributed by atoms with Crippen LogP contribution in [0.1, 0.15) is 63.5 Å². The molecule has 1 saturated carbocycles. The second-order valence-corrected chi connectivity index (χ2v) is 7.41. The molecule has 2 aliphatic carbocycles. The Kier molecular flexibility index (Phi) is 4.56. The summed E-state index contributed by atoms with van der Waals surface area (Å²) in [6.45, 7) is 6.24. The zero-order chi connectivity index (χ0) is 15.7. The Morgan fingerprint density at radius 2 is 1.95 bits per heavy atom. The Bertz CT molecular complexity index is 534. The molecule has 4 atom stereocenters. The number of benzene rings is 1. The zero-order valence-electron chi connectivity index (χ0n) is 14.0. The molecular weight excluding hydrogens is 272 g/mol. The van der Waals surface area contributed by atoms with Crippen molar-refractivity contribution in [3.8, 4) is 0 Å². The van der Waals surface area contributed by atoms with Crippen molar-refractivity contribution < 1.29 is 9.53 Å². The second-order valence-electron chi connectivity index (χ2n) is 7.41. The molecule has 1 fully saturated rings. The Hall–Kier alpha value is -1.31. The van der Waals surface area contributed by atoms with E-state index in [9.17, 15) is 4.79 Å². The van der Waals surface area contributed by atoms with Crippen LogP contribution >= 0.6 is 0 Å². The fraction of sp³-hybridized carbons (Fsp3) is 0.650. The predicted molar refractivity (Wildman–Crippen MR) is 88.7 cm³/mol. The van der Waals surface area contributed by atoms with Crippen LogP contribution in [-0.4, -0.2) is 12.1 Å². The van der Waals surface area contributed by atoms with Gasteiger partial charge in [0.2, 0.25) is 0 Å². The quantitative estimate of drug-likeness (QED) is 0.755. The lowest BCUT2D eigenvalue weighted by Crippen LogP contribution is -2.35. The van der Waals surface area contributed by atoms with Gasteiger partial charge in [-0.15, -0.1) is 0 Å². The Balaban J connectivity index is 1.95. The lowest BCUT2D eigenvalue weighted by Gasteiger charge is -2.41. The van der Waals surface area contributed by atoms with Crippen LogP contribution in [0.3, 0.4) is 0 Å². The third kappa shape index (κ3) is 2.93. The highest BCUT2D eigenvalue weighted by Crippen LogP contribution is 2.50. The Labute approximate surface area is 134 Å². The molecule has 3 rings (SSSR count). The van der Waals surface area contributed by atoms with E-state index in [1.54, 1.807) is 6.92 Å². The van der Waals surface area contributed by atoms with Gasteiger partial charge < -0.3 is 4.74 Å². The van der Waals surface area contributed by atoms with Gasteiger partial charge in [-0.2, -0.15) is 0 Å². The number of rotatable bonds is 3. The highest BCUT2D eigenvalue weighted by Gasteiger charge is 2.43. The summed E-state index contributed by atoms with van der Waals surface area (Å²) in [5.41, 5.74) is 3.04. The molecule has 2 aliphatic rings. The summed E-state index contributed by atoms with van der Waals surface area (Å²) >= 11 is 0. The van der Waals surface area contributed by atoms with Crippen molar-refractivity contribution >= 4 is 5.97 Å². The molecule has 0 spiro atoms. The SMILES string of the molecule is CC(=O)OC1CCCC1C1c2ccccc2CCC1C(C)C. The van der Waals surface area contributed by atoms with Crippen molar-refractivity contribution in [3.05, 3.63) is 35.4 Å². The molecule has 0 heterocycles. The van der Waals surface area contributed by atoms with Gasteiger partial charge in [0, 0.05) is 12.8 Å². The highest BCUT2D eigenvalue weighted by atomic mass is 16.5. The van der Waals surface area contributed by atoms with Crippen LogP contribution in [-0.2, 0) is 16.0 Å². The van der Waals surface area contributed by atoms with Crippen molar-refractivity contribution in [2.45, 2.75) is 64.9 Å². The molecule has 1 aromatic rings. The number of hydrogen-bond acceptors (Lipinski definition) is 2. The van der Waals surface area contributed by atoms with Crippen molar-refractivity contribution in [1.29, 1.82) is 0 Å². The summed E-state index contributed by atoms with van der Waals surface area (Å²) in [7, 11) is 0. The van der Waals surface area contributed by atoms with Gasteiger partial charge in [0.1, 0.15) is 6.10 Å². The van der Waals surface area contributed by atoms with E-state index in [0.717, 1.165) is 6.42 Å². The van der Waals surface area contributed by atoms with E-state index in [1.165, 1.54) is 36.8 Å². The average molecular weight is 300 g/mol. The van der Waals surface area contributed by atoms with E-state index in [0.29, 0.717) is 23.7 Å². The largest absolute Gasteiger partial charge is 0.462 e. The van der Waals surface area contributed by atoms with Gasteiger partial charge in [0.05, 0.1) is 0 Å². The maximum Gasteiger partial charge on any atom is 0.302 e. The van der Waals surface area contributed by atoms with E-state index in [2.05, 4.69) is 38.1 Å². The smallest absolute Gasteiger partial charge is 0.302 e. The first-order valence-electron chi connectivity index (χ1n) is 8.83. The van der Waals surface area contributed by atoms with E-state index in [4.69, 9.17) is 4.74 Å². The molecule has 0 aliphatic heterocycles. The number of carbonyl (C=O) groups excluding carboxylic acids is 1. The lowest BCUT2D eigenvalue weighted by molar-refractivity contribution is -0.148. The third-order valence-electron chi connectivity index (χ3n) is 5.76. The summed E-state index contributed by atoms with van der Waals surface area (Å²) in [4.78, 5) is 11.5. The molecule has 2 heteroatoms. The van der Waals surface area contributed by atoms with E-state index >= 15 is 0 Å². The fourth-order valence-corrected chi connectivity index (χ4v) is 4.84. The Morgan fingerprint density at radius 1 is 1.18 bits per heavy atom. The summed E-state index contributed by atoms with van der Waals surface area (Å²) in [5, 5.41) is 0. The maximum absolute atomic E-state index is 11.5. The van der Waals surface area contributed by atoms with Crippen molar-refractivity contribution in [1.82, 2.24) is 0 Å². The van der Waals surface area contributed by atoms with Gasteiger partial charge in [0.25, 0.3) is 0 Å². The monoisotopic (exact) mass is 300 g/mol. The second kappa shape index (κ2) is 6.44. The molecule has 0 amide bonds. The van der Waals surface area contributed by atoms with E-state index in [1.807, 2.05) is 0 Å². The minimum Gasteiger partial charge on any atom is -0.462 e. The predicted octanol–water partition coefficient (Wildman–Crippen LogP) is 4.72. The first-order valence-corrected chi connectivity index (χ1v) is 8.83. The molecule has 120 valence electrons. The standard InChI is InChI=1S/C20H28O2/c1-13(2)16-12-11-15-7-4-5-8-17(15)20(16)18-9-6-10-19(18)22-14(3)21/h4-5,7-8,13,16,18-20H,6,9-12H2,1-3H3. The lowest BCUT2D eigenvalue weighted by atomic mass is 9.65. The molecule has 4 unspecified atom stereocenters. The van der Waals surface area contributed by atoms with Crippen LogP contribution in [0.15, 0.2) is 24.3 Å². The van der Waals surface area contributed by atoms with Gasteiger partial charge in [-0.05, 0) is 61.0 Å². The summed E-state index contributed by atoms with van der Waals surface area (Å²) in [5.74, 6) is 2.31. The highest BCUT2D eigenvalue weighted by molar-refractivity contribution is 5.66. The number of aryl methyl sites for hydroxylation is 1. The number of carbonyl (C=O) groups is 1. The normalized spacial score (nSPS) is 31.1. The summed E-state index contributed by atoms with van der Waals surface area (Å²) < 4.78 is 5.68. The van der Waals surface area contributed by atoms with Crippen LogP contribution in [0.4, 0.5) is 0 Å². The van der Waals surface area contributed by atoms with Crippen molar-refractivity contribution in [2.24, 2.45) is 17.8 Å². The molecule has 0 radical (unpaired) electrons. The van der Waals surface area contributed by atoms with Crippen LogP contribution < -0.4 is 0 Å². The van der Waals surface area contributed by atoms with Gasteiger partial charge in [-0.1, -0.05) is 38.1 Å². The van der Waals surface area contributed by atoms with Crippen LogP contribution in [0, 0.1) is 17.8 Å². The van der Waals surface area contributed by atoms with Gasteiger partial charge in [-0.25, -0.2) is 0 Å². The summed E-state index contributed by atoms with van der Waals surface area (Å²) in [6.07, 6.45) is 6.00. The topological polar surface area (TPSA) is 26.3 Å². The molecular formula is C20H28O2. The maximum atomic E-state index is 11.5. The average Bonchev–Trinajstić information content (AvgIpc) is 2.92. The first kappa shape index (κ1) is 15.6.